The third-order valence-corrected chi connectivity index (χ3v) is 2.56. The lowest BCUT2D eigenvalue weighted by Gasteiger charge is -2.07. The number of quaternary nitrogens is 1. The van der Waals surface area contributed by atoms with Crippen molar-refractivity contribution in [3.63, 3.8) is 0 Å². The molecule has 82 valence electrons. The van der Waals surface area contributed by atoms with E-state index >= 15 is 0 Å². The number of rotatable bonds is 1. The molecule has 3 nitrogen and oxygen atoms in total. The van der Waals surface area contributed by atoms with Gasteiger partial charge in [-0.2, -0.15) is 0 Å². The van der Waals surface area contributed by atoms with Gasteiger partial charge in [0.15, 0.2) is 0 Å². The Kier molecular flexibility index (Phi) is 6.58. The molecule has 0 spiro atoms. The topological polar surface area (TPSA) is 64.9 Å². The van der Waals surface area contributed by atoms with E-state index in [1.165, 1.54) is 12.8 Å². The summed E-state index contributed by atoms with van der Waals surface area (Å²) in [5.74, 6) is -0.790. The predicted octanol–water partition coefficient (Wildman–Crippen LogP) is -2.03. The number of aliphatic carboxylic acids is 1. The van der Waals surface area contributed by atoms with Crippen LogP contribution in [-0.2, 0) is 4.79 Å². The SMILES string of the molecule is [Cl-].[NH3+][C@@H]1CCCCCC/C=C\1C(=O)O. The van der Waals surface area contributed by atoms with Crippen molar-refractivity contribution in [2.24, 2.45) is 0 Å². The lowest BCUT2D eigenvalue weighted by molar-refractivity contribution is -0.407. The first-order valence-electron chi connectivity index (χ1n) is 4.98. The summed E-state index contributed by atoms with van der Waals surface area (Å²) in [7, 11) is 0. The Hall–Kier alpha value is -0.540. The van der Waals surface area contributed by atoms with E-state index < -0.39 is 5.97 Å². The van der Waals surface area contributed by atoms with Gasteiger partial charge in [0.1, 0.15) is 6.04 Å². The second kappa shape index (κ2) is 6.85. The van der Waals surface area contributed by atoms with Crippen molar-refractivity contribution in [3.8, 4) is 0 Å². The predicted molar refractivity (Wildman–Crippen MR) is 50.1 cm³/mol. The van der Waals surface area contributed by atoms with E-state index in [4.69, 9.17) is 5.11 Å². The van der Waals surface area contributed by atoms with Crippen LogP contribution >= 0.6 is 0 Å². The summed E-state index contributed by atoms with van der Waals surface area (Å²) in [5, 5.41) is 8.91. The highest BCUT2D eigenvalue weighted by atomic mass is 35.5. The average Bonchev–Trinajstić information content (AvgIpc) is 2.16. The Morgan fingerprint density at radius 1 is 1.36 bits per heavy atom. The van der Waals surface area contributed by atoms with Crippen molar-refractivity contribution < 1.29 is 28.0 Å². The van der Waals surface area contributed by atoms with Crippen molar-refractivity contribution >= 4 is 5.97 Å². The van der Waals surface area contributed by atoms with Crippen molar-refractivity contribution in [3.05, 3.63) is 11.6 Å². The van der Waals surface area contributed by atoms with Crippen LogP contribution in [0.2, 0.25) is 0 Å². The van der Waals surface area contributed by atoms with Gasteiger partial charge in [-0.1, -0.05) is 18.9 Å². The summed E-state index contributed by atoms with van der Waals surface area (Å²) in [4.78, 5) is 10.8. The molecule has 4 heteroatoms. The van der Waals surface area contributed by atoms with Gasteiger partial charge in [-0.3, -0.25) is 0 Å². The van der Waals surface area contributed by atoms with Gasteiger partial charge < -0.3 is 23.2 Å². The maximum Gasteiger partial charge on any atom is 0.337 e. The maximum atomic E-state index is 10.8. The summed E-state index contributed by atoms with van der Waals surface area (Å²) in [6, 6.07) is -0.0180. The molecule has 1 rings (SSSR count). The quantitative estimate of drug-likeness (QED) is 0.534. The van der Waals surface area contributed by atoms with Crippen LogP contribution in [-0.4, -0.2) is 17.1 Å². The van der Waals surface area contributed by atoms with E-state index in [-0.39, 0.29) is 18.4 Å². The van der Waals surface area contributed by atoms with E-state index in [0.717, 1.165) is 25.7 Å². The van der Waals surface area contributed by atoms with E-state index in [1.807, 2.05) is 6.08 Å². The molecular weight excluding hydrogens is 202 g/mol. The van der Waals surface area contributed by atoms with Crippen LogP contribution in [0.1, 0.15) is 38.5 Å². The lowest BCUT2D eigenvalue weighted by atomic mass is 10.0. The monoisotopic (exact) mass is 219 g/mol. The van der Waals surface area contributed by atoms with Crippen LogP contribution in [0, 0.1) is 0 Å². The molecule has 0 saturated heterocycles. The Morgan fingerprint density at radius 2 is 2.00 bits per heavy atom. The molecule has 1 aliphatic carbocycles. The number of allylic oxidation sites excluding steroid dienone is 1. The average molecular weight is 220 g/mol. The third kappa shape index (κ3) is 4.11. The first-order valence-corrected chi connectivity index (χ1v) is 4.98. The first-order chi connectivity index (χ1) is 6.22. The van der Waals surface area contributed by atoms with E-state index in [1.54, 1.807) is 0 Å². The molecular formula is C10H18ClNO2. The molecule has 0 amide bonds. The van der Waals surface area contributed by atoms with Crippen LogP contribution < -0.4 is 18.1 Å². The van der Waals surface area contributed by atoms with E-state index in [2.05, 4.69) is 5.73 Å². The van der Waals surface area contributed by atoms with Crippen LogP contribution in [0.25, 0.3) is 0 Å². The van der Waals surface area contributed by atoms with Crippen LogP contribution in [0.5, 0.6) is 0 Å². The minimum Gasteiger partial charge on any atom is -1.00 e. The highest BCUT2D eigenvalue weighted by Gasteiger charge is 2.19. The van der Waals surface area contributed by atoms with Crippen molar-refractivity contribution in [2.45, 2.75) is 44.6 Å². The fourth-order valence-corrected chi connectivity index (χ4v) is 1.73. The standard InChI is InChI=1S/C10H17NO2.ClH/c11-9-7-5-3-1-2-4-6-8(9)10(12)13;/h6,9H,1-5,7,11H2,(H,12,13);1H/b8-6+;/t9-;/m1./s1. The lowest BCUT2D eigenvalue weighted by Crippen LogP contribution is -3.00. The Labute approximate surface area is 90.8 Å². The van der Waals surface area contributed by atoms with E-state index in [9.17, 15) is 4.79 Å². The number of halogens is 1. The minimum absolute atomic E-state index is 0. The molecule has 0 aliphatic heterocycles. The molecule has 1 aliphatic rings. The summed E-state index contributed by atoms with van der Waals surface area (Å²) in [6.07, 6.45) is 8.32. The number of hydrogen-bond donors (Lipinski definition) is 2. The zero-order valence-electron chi connectivity index (χ0n) is 8.34. The third-order valence-electron chi connectivity index (χ3n) is 2.56. The second-order valence-corrected chi connectivity index (χ2v) is 3.65. The fourth-order valence-electron chi connectivity index (χ4n) is 1.73. The molecule has 0 aromatic heterocycles. The minimum atomic E-state index is -0.790. The van der Waals surface area contributed by atoms with E-state index in [0.29, 0.717) is 5.57 Å². The molecule has 0 aromatic carbocycles. The van der Waals surface area contributed by atoms with Crippen LogP contribution in [0.4, 0.5) is 0 Å². The second-order valence-electron chi connectivity index (χ2n) is 3.65. The van der Waals surface area contributed by atoms with Gasteiger partial charge in [0.2, 0.25) is 0 Å². The van der Waals surface area contributed by atoms with Gasteiger partial charge >= 0.3 is 5.97 Å². The van der Waals surface area contributed by atoms with Crippen molar-refractivity contribution in [1.29, 1.82) is 0 Å². The molecule has 0 bridgehead atoms. The molecule has 0 heterocycles. The maximum absolute atomic E-state index is 10.8. The van der Waals surface area contributed by atoms with Gasteiger partial charge in [0.25, 0.3) is 0 Å². The normalized spacial score (nSPS) is 27.2. The van der Waals surface area contributed by atoms with Gasteiger partial charge in [0.05, 0.1) is 5.57 Å². The Morgan fingerprint density at radius 3 is 2.64 bits per heavy atom. The zero-order chi connectivity index (χ0) is 9.68. The molecule has 14 heavy (non-hydrogen) atoms. The van der Waals surface area contributed by atoms with Gasteiger partial charge in [-0.25, -0.2) is 4.79 Å². The smallest absolute Gasteiger partial charge is 0.337 e. The Bertz CT molecular complexity index is 216. The van der Waals surface area contributed by atoms with Gasteiger partial charge in [-0.05, 0) is 19.3 Å². The number of carboxylic acid groups (broad SMARTS) is 1. The van der Waals surface area contributed by atoms with Crippen LogP contribution in [0.3, 0.4) is 0 Å². The summed E-state index contributed by atoms with van der Waals surface area (Å²) < 4.78 is 0. The molecule has 0 aromatic rings. The molecule has 1 atom stereocenters. The highest BCUT2D eigenvalue weighted by molar-refractivity contribution is 5.87. The van der Waals surface area contributed by atoms with Crippen molar-refractivity contribution in [1.82, 2.24) is 0 Å². The molecule has 0 saturated carbocycles. The highest BCUT2D eigenvalue weighted by Crippen LogP contribution is 2.15. The largest absolute Gasteiger partial charge is 1.00 e. The number of carboxylic acids is 1. The number of carbonyl (C=O) groups is 1. The van der Waals surface area contributed by atoms with Crippen molar-refractivity contribution in [2.75, 3.05) is 0 Å². The number of hydrogen-bond acceptors (Lipinski definition) is 1. The summed E-state index contributed by atoms with van der Waals surface area (Å²) in [5.41, 5.74) is 4.41. The zero-order valence-corrected chi connectivity index (χ0v) is 9.09. The van der Waals surface area contributed by atoms with Gasteiger partial charge in [0, 0.05) is 6.42 Å². The molecule has 0 unspecified atom stereocenters. The molecule has 0 radical (unpaired) electrons. The fraction of sp³-hybridized carbons (Fsp3) is 0.700. The summed E-state index contributed by atoms with van der Waals surface area (Å²) in [6.45, 7) is 0. The molecule has 0 fully saturated rings. The Balaban J connectivity index is 0.00000169. The summed E-state index contributed by atoms with van der Waals surface area (Å²) >= 11 is 0. The molecule has 4 N–H and O–H groups in total. The first kappa shape index (κ1) is 13.5. The van der Waals surface area contributed by atoms with Gasteiger partial charge in [-0.15, -0.1) is 0 Å². The van der Waals surface area contributed by atoms with Crippen LogP contribution in [0.15, 0.2) is 11.6 Å².